The smallest absolute Gasteiger partial charge is 0.339 e. The van der Waals surface area contributed by atoms with Gasteiger partial charge in [-0.3, -0.25) is 0 Å². The Labute approximate surface area is 133 Å². The van der Waals surface area contributed by atoms with Crippen LogP contribution in [0.4, 0.5) is 0 Å². The third-order valence-corrected chi connectivity index (χ3v) is 3.14. The van der Waals surface area contributed by atoms with E-state index in [1.165, 1.54) is 0 Å². The Hall–Kier alpha value is -1.39. The number of hydrogen-bond donors (Lipinski definition) is 1. The van der Waals surface area contributed by atoms with Crippen LogP contribution >= 0.6 is 0 Å². The summed E-state index contributed by atoms with van der Waals surface area (Å²) in [4.78, 5) is 12.4. The predicted octanol–water partition coefficient (Wildman–Crippen LogP) is 3.49. The highest BCUT2D eigenvalue weighted by molar-refractivity contribution is 5.93. The zero-order valence-corrected chi connectivity index (χ0v) is 14.5. The van der Waals surface area contributed by atoms with Crippen LogP contribution in [-0.4, -0.2) is 29.9 Å². The minimum Gasteiger partial charge on any atom is -0.456 e. The molecule has 0 aliphatic rings. The van der Waals surface area contributed by atoms with Crippen LogP contribution in [0.25, 0.3) is 0 Å². The van der Waals surface area contributed by atoms with Gasteiger partial charge in [-0.2, -0.15) is 0 Å². The van der Waals surface area contributed by atoms with E-state index in [-0.39, 0.29) is 18.0 Å². The van der Waals surface area contributed by atoms with Crippen molar-refractivity contribution in [1.29, 1.82) is 0 Å². The molecule has 0 heterocycles. The van der Waals surface area contributed by atoms with Crippen molar-refractivity contribution in [2.24, 2.45) is 5.41 Å². The zero-order valence-electron chi connectivity index (χ0n) is 14.5. The van der Waals surface area contributed by atoms with Gasteiger partial charge in [0.25, 0.3) is 0 Å². The summed E-state index contributed by atoms with van der Waals surface area (Å²) < 4.78 is 11.2. The second kappa shape index (κ2) is 7.25. The van der Waals surface area contributed by atoms with Crippen molar-refractivity contribution >= 4 is 5.97 Å². The maximum absolute atomic E-state index is 12.4. The van der Waals surface area contributed by atoms with E-state index >= 15 is 0 Å². The van der Waals surface area contributed by atoms with Gasteiger partial charge in [-0.15, -0.1) is 0 Å². The monoisotopic (exact) mass is 308 g/mol. The molecule has 1 N–H and O–H groups in total. The lowest BCUT2D eigenvalue weighted by Gasteiger charge is -2.23. The first kappa shape index (κ1) is 18.7. The Balaban J connectivity index is 2.88. The van der Waals surface area contributed by atoms with Crippen molar-refractivity contribution < 1.29 is 19.4 Å². The fourth-order valence-corrected chi connectivity index (χ4v) is 1.95. The van der Waals surface area contributed by atoms with E-state index in [4.69, 9.17) is 9.47 Å². The third kappa shape index (κ3) is 5.78. The van der Waals surface area contributed by atoms with E-state index in [0.717, 1.165) is 11.1 Å². The van der Waals surface area contributed by atoms with Crippen LogP contribution in [0.5, 0.6) is 0 Å². The van der Waals surface area contributed by atoms with Gasteiger partial charge in [-0.1, -0.05) is 32.0 Å². The molecular weight excluding hydrogens is 280 g/mol. The molecule has 0 radical (unpaired) electrons. The van der Waals surface area contributed by atoms with Crippen LogP contribution < -0.4 is 0 Å². The van der Waals surface area contributed by atoms with Crippen LogP contribution in [0.15, 0.2) is 18.2 Å². The zero-order chi connectivity index (χ0) is 17.0. The first-order valence-electron chi connectivity index (χ1n) is 7.56. The normalized spacial score (nSPS) is 12.3. The maximum Gasteiger partial charge on any atom is 0.339 e. The third-order valence-electron chi connectivity index (χ3n) is 3.14. The first-order valence-corrected chi connectivity index (χ1v) is 7.56. The number of hydrogen-bond acceptors (Lipinski definition) is 4. The number of aliphatic hydroxyl groups excluding tert-OH is 1. The Bertz CT molecular complexity index is 512. The summed E-state index contributed by atoms with van der Waals surface area (Å²) in [5.41, 5.74) is 1.42. The van der Waals surface area contributed by atoms with Gasteiger partial charge >= 0.3 is 5.97 Å². The molecule has 0 spiro atoms. The van der Waals surface area contributed by atoms with Crippen molar-refractivity contribution in [3.63, 3.8) is 0 Å². The van der Waals surface area contributed by atoms with Gasteiger partial charge < -0.3 is 14.6 Å². The van der Waals surface area contributed by atoms with Gasteiger partial charge in [0, 0.05) is 5.41 Å². The second-order valence-corrected chi connectivity index (χ2v) is 7.43. The van der Waals surface area contributed by atoms with Crippen molar-refractivity contribution in [2.75, 3.05) is 13.2 Å². The molecule has 0 amide bonds. The van der Waals surface area contributed by atoms with E-state index < -0.39 is 5.60 Å². The molecular formula is C18H28O4. The van der Waals surface area contributed by atoms with Crippen LogP contribution in [0.1, 0.15) is 56.1 Å². The van der Waals surface area contributed by atoms with Crippen molar-refractivity contribution in [2.45, 2.75) is 53.8 Å². The number of carbonyl (C=O) groups excluding carboxylic acids is 1. The fourth-order valence-electron chi connectivity index (χ4n) is 1.95. The molecule has 0 atom stereocenters. The molecule has 1 rings (SSSR count). The average molecular weight is 308 g/mol. The Morgan fingerprint density at radius 3 is 2.36 bits per heavy atom. The number of ether oxygens (including phenoxy) is 2. The SMILES string of the molecule is Cc1cccc(COCC(C)(C)CO)c1C(=O)OC(C)(C)C. The summed E-state index contributed by atoms with van der Waals surface area (Å²) in [5, 5.41) is 9.25. The number of aliphatic hydroxyl groups is 1. The van der Waals surface area contributed by atoms with Crippen molar-refractivity contribution in [3.05, 3.63) is 34.9 Å². The summed E-state index contributed by atoms with van der Waals surface area (Å²) in [6, 6.07) is 5.66. The summed E-state index contributed by atoms with van der Waals surface area (Å²) in [7, 11) is 0. The van der Waals surface area contributed by atoms with Crippen LogP contribution in [-0.2, 0) is 16.1 Å². The Kier molecular flexibility index (Phi) is 6.15. The molecule has 0 unspecified atom stereocenters. The van der Waals surface area contributed by atoms with E-state index in [1.807, 2.05) is 59.7 Å². The maximum atomic E-state index is 12.4. The highest BCUT2D eigenvalue weighted by Crippen LogP contribution is 2.21. The highest BCUT2D eigenvalue weighted by Gasteiger charge is 2.22. The molecule has 0 aliphatic carbocycles. The molecule has 0 bridgehead atoms. The largest absolute Gasteiger partial charge is 0.456 e. The quantitative estimate of drug-likeness (QED) is 0.817. The standard InChI is InChI=1S/C18H28O4/c1-13-8-7-9-14(10-21-12-18(5,6)11-19)15(13)16(20)22-17(2,3)4/h7-9,19H,10-12H2,1-6H3. The number of carbonyl (C=O) groups is 1. The molecule has 0 saturated heterocycles. The Morgan fingerprint density at radius 1 is 1.18 bits per heavy atom. The van der Waals surface area contributed by atoms with Crippen LogP contribution in [0, 0.1) is 12.3 Å². The molecule has 0 fully saturated rings. The van der Waals surface area contributed by atoms with E-state index in [0.29, 0.717) is 18.8 Å². The van der Waals surface area contributed by atoms with Crippen LogP contribution in [0.2, 0.25) is 0 Å². The molecule has 124 valence electrons. The highest BCUT2D eigenvalue weighted by atomic mass is 16.6. The summed E-state index contributed by atoms with van der Waals surface area (Å²) >= 11 is 0. The number of benzene rings is 1. The van der Waals surface area contributed by atoms with E-state index in [1.54, 1.807) is 0 Å². The van der Waals surface area contributed by atoms with E-state index in [2.05, 4.69) is 0 Å². The number of esters is 1. The summed E-state index contributed by atoms with van der Waals surface area (Å²) in [6.07, 6.45) is 0. The lowest BCUT2D eigenvalue weighted by atomic mass is 9.96. The van der Waals surface area contributed by atoms with Gasteiger partial charge in [-0.05, 0) is 38.8 Å². The van der Waals surface area contributed by atoms with Gasteiger partial charge in [0.15, 0.2) is 0 Å². The minimum absolute atomic E-state index is 0.0553. The fraction of sp³-hybridized carbons (Fsp3) is 0.611. The first-order chi connectivity index (χ1) is 10.1. The summed E-state index contributed by atoms with van der Waals surface area (Å²) in [6.45, 7) is 12.1. The van der Waals surface area contributed by atoms with Crippen molar-refractivity contribution in [3.8, 4) is 0 Å². The van der Waals surface area contributed by atoms with Crippen molar-refractivity contribution in [1.82, 2.24) is 0 Å². The Morgan fingerprint density at radius 2 is 1.82 bits per heavy atom. The lowest BCUT2D eigenvalue weighted by Crippen LogP contribution is -2.26. The number of aryl methyl sites for hydroxylation is 1. The molecule has 22 heavy (non-hydrogen) atoms. The molecule has 0 aliphatic heterocycles. The van der Waals surface area contributed by atoms with Gasteiger partial charge in [0.05, 0.1) is 25.4 Å². The topological polar surface area (TPSA) is 55.8 Å². The average Bonchev–Trinajstić information content (AvgIpc) is 2.36. The molecule has 0 aromatic heterocycles. The lowest BCUT2D eigenvalue weighted by molar-refractivity contribution is 0.00487. The number of rotatable bonds is 6. The van der Waals surface area contributed by atoms with Gasteiger partial charge in [0.1, 0.15) is 5.60 Å². The molecule has 4 heteroatoms. The molecule has 1 aromatic rings. The van der Waals surface area contributed by atoms with E-state index in [9.17, 15) is 9.90 Å². The molecule has 4 nitrogen and oxygen atoms in total. The van der Waals surface area contributed by atoms with Gasteiger partial charge in [0.2, 0.25) is 0 Å². The van der Waals surface area contributed by atoms with Crippen LogP contribution in [0.3, 0.4) is 0 Å². The molecule has 1 aromatic carbocycles. The molecule has 0 saturated carbocycles. The van der Waals surface area contributed by atoms with Gasteiger partial charge in [-0.25, -0.2) is 4.79 Å². The summed E-state index contributed by atoms with van der Waals surface area (Å²) in [5.74, 6) is -0.328. The second-order valence-electron chi connectivity index (χ2n) is 7.43. The minimum atomic E-state index is -0.531. The predicted molar refractivity (Wildman–Crippen MR) is 86.9 cm³/mol.